The Bertz CT molecular complexity index is 641. The molecule has 1 heterocycles. The van der Waals surface area contributed by atoms with Crippen LogP contribution < -0.4 is 5.32 Å². The maximum Gasteiger partial charge on any atom is 0.228 e. The molecule has 24 heavy (non-hydrogen) atoms. The van der Waals surface area contributed by atoms with Crippen LogP contribution in [0.4, 0.5) is 5.69 Å². The number of benzene rings is 1. The minimum atomic E-state index is -3.22. The summed E-state index contributed by atoms with van der Waals surface area (Å²) < 4.78 is 25.5. The lowest BCUT2D eigenvalue weighted by atomic mass is 9.98. The van der Waals surface area contributed by atoms with Crippen molar-refractivity contribution in [2.75, 3.05) is 24.2 Å². The van der Waals surface area contributed by atoms with E-state index in [1.165, 1.54) is 9.87 Å². The second kappa shape index (κ2) is 8.62. The van der Waals surface area contributed by atoms with Crippen molar-refractivity contribution in [2.24, 2.45) is 5.92 Å². The van der Waals surface area contributed by atoms with Gasteiger partial charge in [-0.1, -0.05) is 25.5 Å². The predicted molar refractivity (Wildman–Crippen MR) is 97.4 cm³/mol. The molecule has 0 radical (unpaired) electrons. The maximum absolute atomic E-state index is 12.5. The number of nitrogens with one attached hydrogen (secondary N) is 1. The van der Waals surface area contributed by atoms with Crippen molar-refractivity contribution in [3.63, 3.8) is 0 Å². The number of carbonyl (C=O) groups is 1. The fourth-order valence-corrected chi connectivity index (χ4v) is 4.15. The van der Waals surface area contributed by atoms with Gasteiger partial charge in [-0.2, -0.15) is 0 Å². The van der Waals surface area contributed by atoms with Gasteiger partial charge >= 0.3 is 0 Å². The van der Waals surface area contributed by atoms with Crippen LogP contribution in [0.5, 0.6) is 0 Å². The summed E-state index contributed by atoms with van der Waals surface area (Å²) in [4.78, 5) is 12.5. The minimum Gasteiger partial charge on any atom is -0.326 e. The number of hydrogen-bond donors (Lipinski definition) is 1. The number of carbonyl (C=O) groups excluding carboxylic acids is 1. The molecule has 0 aliphatic carbocycles. The molecular weight excluding hydrogens is 324 g/mol. The maximum atomic E-state index is 12.5. The van der Waals surface area contributed by atoms with Crippen LogP contribution in [-0.2, 0) is 21.2 Å². The highest BCUT2D eigenvalue weighted by Crippen LogP contribution is 2.21. The number of rotatable bonds is 7. The van der Waals surface area contributed by atoms with E-state index in [1.54, 1.807) is 6.92 Å². The highest BCUT2D eigenvalue weighted by Gasteiger charge is 2.31. The molecule has 0 aromatic heterocycles. The van der Waals surface area contributed by atoms with E-state index >= 15 is 0 Å². The smallest absolute Gasteiger partial charge is 0.228 e. The average Bonchev–Trinajstić information content (AvgIpc) is 2.61. The average molecular weight is 353 g/mol. The van der Waals surface area contributed by atoms with Gasteiger partial charge in [-0.25, -0.2) is 12.7 Å². The lowest BCUT2D eigenvalue weighted by Crippen LogP contribution is -2.44. The first-order valence-electron chi connectivity index (χ1n) is 8.84. The monoisotopic (exact) mass is 352 g/mol. The van der Waals surface area contributed by atoms with Crippen molar-refractivity contribution in [3.8, 4) is 0 Å². The molecule has 2 rings (SSSR count). The van der Waals surface area contributed by atoms with Gasteiger partial charge in [-0.05, 0) is 50.3 Å². The van der Waals surface area contributed by atoms with E-state index < -0.39 is 10.0 Å². The zero-order chi connectivity index (χ0) is 17.6. The van der Waals surface area contributed by atoms with E-state index in [4.69, 9.17) is 0 Å². The normalized spacial score (nSPS) is 19.2. The molecular formula is C18H28N2O3S. The van der Waals surface area contributed by atoms with E-state index in [-0.39, 0.29) is 24.1 Å². The third-order valence-electron chi connectivity index (χ3n) is 4.55. The lowest BCUT2D eigenvalue weighted by molar-refractivity contribution is -0.120. The van der Waals surface area contributed by atoms with Crippen LogP contribution in [-0.4, -0.2) is 37.5 Å². The molecule has 5 nitrogen and oxygen atoms in total. The van der Waals surface area contributed by atoms with Crippen LogP contribution in [0, 0.1) is 5.92 Å². The van der Waals surface area contributed by atoms with Crippen LogP contribution >= 0.6 is 0 Å². The third-order valence-corrected chi connectivity index (χ3v) is 6.40. The van der Waals surface area contributed by atoms with Crippen molar-refractivity contribution < 1.29 is 13.2 Å². The number of aryl methyl sites for hydroxylation is 1. The fraction of sp³-hybridized carbons (Fsp3) is 0.611. The molecule has 0 spiro atoms. The molecule has 6 heteroatoms. The lowest BCUT2D eigenvalue weighted by Gasteiger charge is -2.30. The largest absolute Gasteiger partial charge is 0.326 e. The first-order valence-corrected chi connectivity index (χ1v) is 10.4. The van der Waals surface area contributed by atoms with Gasteiger partial charge in [0, 0.05) is 18.8 Å². The molecule has 0 saturated carbocycles. The number of nitrogens with zero attached hydrogens (tertiary/aromatic N) is 1. The van der Waals surface area contributed by atoms with Crippen LogP contribution in [0.15, 0.2) is 24.3 Å². The predicted octanol–water partition coefficient (Wildman–Crippen LogP) is 3.03. The highest BCUT2D eigenvalue weighted by atomic mass is 32.2. The first kappa shape index (κ1) is 18.9. The van der Waals surface area contributed by atoms with Crippen LogP contribution in [0.3, 0.4) is 0 Å². The van der Waals surface area contributed by atoms with Gasteiger partial charge in [-0.3, -0.25) is 4.79 Å². The first-order chi connectivity index (χ1) is 11.5. The second-order valence-corrected chi connectivity index (χ2v) is 8.65. The summed E-state index contributed by atoms with van der Waals surface area (Å²) in [5, 5.41) is 2.92. The molecule has 1 aromatic carbocycles. The van der Waals surface area contributed by atoms with Crippen molar-refractivity contribution >= 4 is 21.6 Å². The Kier molecular flexibility index (Phi) is 6.80. The number of piperidine rings is 1. The Hall–Kier alpha value is -1.40. The Labute approximate surface area is 145 Å². The van der Waals surface area contributed by atoms with Crippen molar-refractivity contribution in [2.45, 2.75) is 46.0 Å². The summed E-state index contributed by atoms with van der Waals surface area (Å²) >= 11 is 0. The highest BCUT2D eigenvalue weighted by molar-refractivity contribution is 7.89. The van der Waals surface area contributed by atoms with Gasteiger partial charge in [0.2, 0.25) is 15.9 Å². The summed E-state index contributed by atoms with van der Waals surface area (Å²) in [5.74, 6) is -0.284. The van der Waals surface area contributed by atoms with Gasteiger partial charge in [0.05, 0.1) is 11.7 Å². The van der Waals surface area contributed by atoms with Crippen molar-refractivity contribution in [3.05, 3.63) is 29.8 Å². The Morgan fingerprint density at radius 3 is 2.58 bits per heavy atom. The summed E-state index contributed by atoms with van der Waals surface area (Å²) in [5.41, 5.74) is 2.04. The summed E-state index contributed by atoms with van der Waals surface area (Å²) in [6, 6.07) is 7.93. The van der Waals surface area contributed by atoms with Crippen molar-refractivity contribution in [1.82, 2.24) is 4.31 Å². The molecule has 134 valence electrons. The number of unbranched alkanes of at least 4 members (excludes halogenated alkanes) is 1. The fourth-order valence-electron chi connectivity index (χ4n) is 2.97. The number of hydrogen-bond acceptors (Lipinski definition) is 3. The van der Waals surface area contributed by atoms with E-state index in [0.29, 0.717) is 6.54 Å². The molecule has 1 fully saturated rings. The topological polar surface area (TPSA) is 66.5 Å². The molecule has 1 aromatic rings. The van der Waals surface area contributed by atoms with Crippen molar-refractivity contribution in [1.29, 1.82) is 0 Å². The molecule has 1 aliphatic heterocycles. The number of amides is 1. The van der Waals surface area contributed by atoms with Crippen LogP contribution in [0.1, 0.15) is 45.1 Å². The Morgan fingerprint density at radius 2 is 1.96 bits per heavy atom. The second-order valence-electron chi connectivity index (χ2n) is 6.39. The van der Waals surface area contributed by atoms with E-state index in [0.717, 1.165) is 37.8 Å². The van der Waals surface area contributed by atoms with Gasteiger partial charge in [0.1, 0.15) is 0 Å². The zero-order valence-corrected chi connectivity index (χ0v) is 15.4. The summed E-state index contributed by atoms with van der Waals surface area (Å²) in [6.45, 7) is 4.61. The van der Waals surface area contributed by atoms with Gasteiger partial charge in [0.25, 0.3) is 0 Å². The standard InChI is InChI=1S/C18H28N2O3S/c1-3-5-7-15-9-11-17(12-10-15)19-18(21)16-8-6-13-20(14-16)24(22,23)4-2/h9-12,16H,3-8,13-14H2,1-2H3,(H,19,21)/t16-/m1/s1. The van der Waals surface area contributed by atoms with Gasteiger partial charge < -0.3 is 5.32 Å². The minimum absolute atomic E-state index is 0.0839. The number of anilines is 1. The Morgan fingerprint density at radius 1 is 1.25 bits per heavy atom. The molecule has 1 atom stereocenters. The zero-order valence-electron chi connectivity index (χ0n) is 14.6. The van der Waals surface area contributed by atoms with E-state index in [2.05, 4.69) is 12.2 Å². The van der Waals surface area contributed by atoms with Gasteiger partial charge in [0.15, 0.2) is 0 Å². The third kappa shape index (κ3) is 5.05. The number of sulfonamides is 1. The summed E-state index contributed by atoms with van der Waals surface area (Å²) in [7, 11) is -3.22. The van der Waals surface area contributed by atoms with Gasteiger partial charge in [-0.15, -0.1) is 0 Å². The summed E-state index contributed by atoms with van der Waals surface area (Å²) in [6.07, 6.45) is 4.84. The molecule has 1 N–H and O–H groups in total. The van der Waals surface area contributed by atoms with Crippen LogP contribution in [0.2, 0.25) is 0 Å². The molecule has 1 saturated heterocycles. The quantitative estimate of drug-likeness (QED) is 0.820. The SMILES string of the molecule is CCCCc1ccc(NC(=O)[C@@H]2CCCN(S(=O)(=O)CC)C2)cc1. The molecule has 1 aliphatic rings. The van der Waals surface area contributed by atoms with E-state index in [1.807, 2.05) is 24.3 Å². The van der Waals surface area contributed by atoms with Crippen LogP contribution in [0.25, 0.3) is 0 Å². The molecule has 0 bridgehead atoms. The van der Waals surface area contributed by atoms with E-state index in [9.17, 15) is 13.2 Å². The Balaban J connectivity index is 1.94. The molecule has 0 unspecified atom stereocenters. The molecule has 1 amide bonds.